The third-order valence-corrected chi connectivity index (χ3v) is 7.51. The minimum Gasteiger partial charge on any atom is -0.273 e. The zero-order valence-electron chi connectivity index (χ0n) is 16.2. The molecule has 3 rings (SSSR count). The molecule has 154 valence electrons. The van der Waals surface area contributed by atoms with Crippen LogP contribution in [0.3, 0.4) is 0 Å². The van der Waals surface area contributed by atoms with Crippen LogP contribution in [0, 0.1) is 5.92 Å². The van der Waals surface area contributed by atoms with Crippen molar-refractivity contribution in [2.75, 3.05) is 13.1 Å². The minimum atomic E-state index is -3.58. The van der Waals surface area contributed by atoms with Gasteiger partial charge in [-0.2, -0.15) is 4.31 Å². The summed E-state index contributed by atoms with van der Waals surface area (Å²) in [7, 11) is -3.58. The predicted octanol–water partition coefficient (Wildman–Crippen LogP) is 2.59. The van der Waals surface area contributed by atoms with Gasteiger partial charge in [0.25, 0.3) is 5.91 Å². The molecule has 2 N–H and O–H groups in total. The van der Waals surface area contributed by atoms with Crippen molar-refractivity contribution in [3.63, 3.8) is 0 Å². The van der Waals surface area contributed by atoms with Crippen LogP contribution in [-0.4, -0.2) is 37.6 Å². The summed E-state index contributed by atoms with van der Waals surface area (Å²) < 4.78 is 26.7. The molecule has 1 aliphatic heterocycles. The monoisotopic (exact) mass is 407 g/mol. The van der Waals surface area contributed by atoms with Crippen LogP contribution in [-0.2, 0) is 14.8 Å². The van der Waals surface area contributed by atoms with Crippen LogP contribution in [0.4, 0.5) is 0 Å². The second-order valence-corrected chi connectivity index (χ2v) is 9.62. The van der Waals surface area contributed by atoms with Crippen LogP contribution in [0.5, 0.6) is 0 Å². The quantitative estimate of drug-likeness (QED) is 0.709. The van der Waals surface area contributed by atoms with Gasteiger partial charge in [0.05, 0.1) is 4.90 Å². The zero-order chi connectivity index (χ0) is 20.0. The van der Waals surface area contributed by atoms with Crippen molar-refractivity contribution in [2.24, 2.45) is 5.92 Å². The van der Waals surface area contributed by atoms with Gasteiger partial charge >= 0.3 is 0 Å². The third-order valence-electron chi connectivity index (χ3n) is 5.62. The number of hydrogen-bond donors (Lipinski definition) is 2. The average Bonchev–Trinajstić information content (AvgIpc) is 3.27. The molecular weight excluding hydrogens is 378 g/mol. The first-order valence-corrected chi connectivity index (χ1v) is 11.6. The average molecular weight is 408 g/mol. The highest BCUT2D eigenvalue weighted by molar-refractivity contribution is 7.89. The maximum absolute atomic E-state index is 12.6. The van der Waals surface area contributed by atoms with Crippen LogP contribution < -0.4 is 10.9 Å². The molecule has 7 nitrogen and oxygen atoms in total. The molecule has 2 fully saturated rings. The molecule has 0 spiro atoms. The molecule has 0 bridgehead atoms. The Morgan fingerprint density at radius 1 is 1.00 bits per heavy atom. The Kier molecular flexibility index (Phi) is 7.07. The van der Waals surface area contributed by atoms with Crippen molar-refractivity contribution < 1.29 is 18.0 Å². The lowest BCUT2D eigenvalue weighted by Gasteiger charge is -2.21. The summed E-state index contributed by atoms with van der Waals surface area (Å²) in [5.74, 6) is -0.146. The van der Waals surface area contributed by atoms with Crippen molar-refractivity contribution in [3.05, 3.63) is 29.8 Å². The molecule has 1 aromatic carbocycles. The normalized spacial score (nSPS) is 18.7. The lowest BCUT2D eigenvalue weighted by molar-refractivity contribution is -0.122. The Morgan fingerprint density at radius 3 is 2.43 bits per heavy atom. The highest BCUT2D eigenvalue weighted by atomic mass is 32.2. The second kappa shape index (κ2) is 9.52. The molecule has 2 aliphatic rings. The van der Waals surface area contributed by atoms with Crippen LogP contribution in [0.2, 0.25) is 0 Å². The van der Waals surface area contributed by atoms with E-state index in [1.54, 1.807) is 6.07 Å². The summed E-state index contributed by atoms with van der Waals surface area (Å²) in [6.07, 6.45) is 9.04. The van der Waals surface area contributed by atoms with Gasteiger partial charge in [0.15, 0.2) is 0 Å². The molecule has 1 aromatic rings. The van der Waals surface area contributed by atoms with Gasteiger partial charge in [0.1, 0.15) is 0 Å². The van der Waals surface area contributed by atoms with E-state index in [0.29, 0.717) is 25.4 Å². The molecule has 2 amide bonds. The van der Waals surface area contributed by atoms with Gasteiger partial charge in [-0.3, -0.25) is 20.4 Å². The summed E-state index contributed by atoms with van der Waals surface area (Å²) in [6.45, 7) is 1.02. The van der Waals surface area contributed by atoms with Gasteiger partial charge in [0.2, 0.25) is 15.9 Å². The third kappa shape index (κ3) is 5.32. The lowest BCUT2D eigenvalue weighted by Crippen LogP contribution is -2.41. The van der Waals surface area contributed by atoms with Crippen molar-refractivity contribution in [3.8, 4) is 0 Å². The van der Waals surface area contributed by atoms with Gasteiger partial charge in [-0.05, 0) is 43.4 Å². The van der Waals surface area contributed by atoms with E-state index in [9.17, 15) is 18.0 Å². The molecule has 1 heterocycles. The number of nitrogens with one attached hydrogen (secondary N) is 2. The van der Waals surface area contributed by atoms with Gasteiger partial charge in [-0.1, -0.05) is 38.2 Å². The highest BCUT2D eigenvalue weighted by Crippen LogP contribution is 2.27. The van der Waals surface area contributed by atoms with E-state index in [2.05, 4.69) is 10.9 Å². The van der Waals surface area contributed by atoms with E-state index in [4.69, 9.17) is 0 Å². The number of rotatable bonds is 6. The van der Waals surface area contributed by atoms with Crippen molar-refractivity contribution in [1.82, 2.24) is 15.2 Å². The largest absolute Gasteiger partial charge is 0.273 e. The van der Waals surface area contributed by atoms with E-state index >= 15 is 0 Å². The van der Waals surface area contributed by atoms with E-state index in [-0.39, 0.29) is 16.4 Å². The fourth-order valence-electron chi connectivity index (χ4n) is 3.95. The lowest BCUT2D eigenvalue weighted by atomic mass is 9.86. The number of sulfonamides is 1. The first-order valence-electron chi connectivity index (χ1n) is 10.2. The van der Waals surface area contributed by atoms with Crippen molar-refractivity contribution in [1.29, 1.82) is 0 Å². The first-order chi connectivity index (χ1) is 13.5. The molecule has 8 heteroatoms. The van der Waals surface area contributed by atoms with Crippen LogP contribution in [0.1, 0.15) is 68.1 Å². The molecule has 0 aromatic heterocycles. The zero-order valence-corrected chi connectivity index (χ0v) is 17.0. The van der Waals surface area contributed by atoms with E-state index < -0.39 is 15.9 Å². The maximum atomic E-state index is 12.6. The van der Waals surface area contributed by atoms with Gasteiger partial charge in [0, 0.05) is 25.1 Å². The molecule has 28 heavy (non-hydrogen) atoms. The first kappa shape index (κ1) is 20.8. The Morgan fingerprint density at radius 2 is 1.71 bits per heavy atom. The number of hydrogen-bond acceptors (Lipinski definition) is 4. The number of carbonyl (C=O) groups excluding carboxylic acids is 2. The van der Waals surface area contributed by atoms with Gasteiger partial charge in [-0.15, -0.1) is 0 Å². The fraction of sp³-hybridized carbons (Fsp3) is 0.600. The summed E-state index contributed by atoms with van der Waals surface area (Å²) in [6, 6.07) is 5.93. The molecule has 1 aliphatic carbocycles. The van der Waals surface area contributed by atoms with E-state index in [0.717, 1.165) is 19.3 Å². The highest BCUT2D eigenvalue weighted by Gasteiger charge is 2.27. The predicted molar refractivity (Wildman–Crippen MR) is 106 cm³/mol. The van der Waals surface area contributed by atoms with Crippen molar-refractivity contribution >= 4 is 21.8 Å². The second-order valence-electron chi connectivity index (χ2n) is 7.68. The molecule has 1 saturated heterocycles. The standard InChI is InChI=1S/C20H29N3O4S/c24-19(12-11-16-7-2-1-3-8-16)21-22-20(25)17-9-6-10-18(15-17)28(26,27)23-13-4-5-14-23/h6,9-10,15-16H,1-5,7-8,11-14H2,(H,21,24)(H,22,25). The van der Waals surface area contributed by atoms with E-state index in [1.807, 2.05) is 0 Å². The summed E-state index contributed by atoms with van der Waals surface area (Å²) in [5.41, 5.74) is 5.02. The molecule has 0 atom stereocenters. The van der Waals surface area contributed by atoms with Gasteiger partial charge < -0.3 is 0 Å². The van der Waals surface area contributed by atoms with Crippen LogP contribution >= 0.6 is 0 Å². The summed E-state index contributed by atoms with van der Waals surface area (Å²) in [5, 5.41) is 0. The number of amides is 2. The minimum absolute atomic E-state index is 0.102. The van der Waals surface area contributed by atoms with Gasteiger partial charge in [-0.25, -0.2) is 8.42 Å². The summed E-state index contributed by atoms with van der Waals surface area (Å²) >= 11 is 0. The molecule has 1 saturated carbocycles. The maximum Gasteiger partial charge on any atom is 0.269 e. The topological polar surface area (TPSA) is 95.6 Å². The summed E-state index contributed by atoms with van der Waals surface area (Å²) in [4.78, 5) is 24.4. The number of hydrazine groups is 1. The Hall–Kier alpha value is -1.93. The van der Waals surface area contributed by atoms with E-state index in [1.165, 1.54) is 54.6 Å². The molecule has 0 unspecified atom stereocenters. The van der Waals surface area contributed by atoms with Crippen LogP contribution in [0.15, 0.2) is 29.2 Å². The Labute approximate surface area is 166 Å². The number of benzene rings is 1. The number of carbonyl (C=O) groups is 2. The molecular formula is C20H29N3O4S. The van der Waals surface area contributed by atoms with Crippen molar-refractivity contribution in [2.45, 2.75) is 62.7 Å². The van der Waals surface area contributed by atoms with Crippen LogP contribution in [0.25, 0.3) is 0 Å². The Bertz CT molecular complexity index is 797. The SMILES string of the molecule is O=C(CCC1CCCCC1)NNC(=O)c1cccc(S(=O)(=O)N2CCCC2)c1. The molecule has 0 radical (unpaired) electrons. The smallest absolute Gasteiger partial charge is 0.269 e. The Balaban J connectivity index is 1.52. The number of nitrogens with zero attached hydrogens (tertiary/aromatic N) is 1. The fourth-order valence-corrected chi connectivity index (χ4v) is 5.51.